The van der Waals surface area contributed by atoms with Crippen molar-refractivity contribution in [3.8, 4) is 5.75 Å². The fraction of sp³-hybridized carbons (Fsp3) is 0.133. The third-order valence-electron chi connectivity index (χ3n) is 3.13. The molecule has 0 aliphatic heterocycles. The summed E-state index contributed by atoms with van der Waals surface area (Å²) in [6.07, 6.45) is 0. The molecule has 0 aromatic heterocycles. The van der Waals surface area contributed by atoms with Crippen LogP contribution in [-0.2, 0) is 0 Å². The van der Waals surface area contributed by atoms with Gasteiger partial charge in [0, 0.05) is 12.1 Å². The number of benzene rings is 2. The molecule has 0 atom stereocenters. The maximum atomic E-state index is 12.3. The summed E-state index contributed by atoms with van der Waals surface area (Å²) in [6, 6.07) is 7.30. The normalized spacial score (nSPS) is 10.2. The molecule has 0 spiro atoms. The Morgan fingerprint density at radius 1 is 1.16 bits per heavy atom. The van der Waals surface area contributed by atoms with E-state index in [2.05, 4.69) is 5.32 Å². The molecule has 10 heteroatoms. The molecule has 25 heavy (non-hydrogen) atoms. The number of rotatable bonds is 6. The molecule has 2 aromatic carbocycles. The summed E-state index contributed by atoms with van der Waals surface area (Å²) in [4.78, 5) is 33.0. The van der Waals surface area contributed by atoms with Crippen molar-refractivity contribution in [3.05, 3.63) is 67.2 Å². The molecular formula is C15H12ClN3O6. The molecule has 1 N–H and O–H groups in total. The Morgan fingerprint density at radius 2 is 1.88 bits per heavy atom. The Labute approximate surface area is 146 Å². The number of carbonyl (C=O) groups excluding carboxylic acids is 1. The van der Waals surface area contributed by atoms with E-state index < -0.39 is 15.8 Å². The molecule has 0 fully saturated rings. The van der Waals surface area contributed by atoms with E-state index in [9.17, 15) is 25.0 Å². The van der Waals surface area contributed by atoms with E-state index in [1.165, 1.54) is 24.3 Å². The number of hydrogen-bond donors (Lipinski definition) is 1. The van der Waals surface area contributed by atoms with Crippen LogP contribution in [0, 0.1) is 20.2 Å². The van der Waals surface area contributed by atoms with Crippen molar-refractivity contribution in [2.24, 2.45) is 0 Å². The van der Waals surface area contributed by atoms with Crippen molar-refractivity contribution in [2.75, 3.05) is 11.9 Å². The maximum Gasteiger partial charge on any atom is 0.296 e. The number of nitrogens with zero attached hydrogens (tertiary/aromatic N) is 2. The number of nitrogens with one attached hydrogen (secondary N) is 1. The molecule has 9 nitrogen and oxygen atoms in total. The van der Waals surface area contributed by atoms with Crippen LogP contribution in [0.5, 0.6) is 5.75 Å². The number of non-ortho nitro benzene ring substituents is 1. The first-order chi connectivity index (χ1) is 11.8. The second-order valence-electron chi connectivity index (χ2n) is 4.74. The summed E-state index contributed by atoms with van der Waals surface area (Å²) in [5, 5.41) is 24.3. The van der Waals surface area contributed by atoms with Gasteiger partial charge in [-0.2, -0.15) is 0 Å². The highest BCUT2D eigenvalue weighted by Gasteiger charge is 2.21. The third-order valence-corrected chi connectivity index (χ3v) is 3.46. The quantitative estimate of drug-likeness (QED) is 0.613. The van der Waals surface area contributed by atoms with E-state index in [0.29, 0.717) is 6.61 Å². The van der Waals surface area contributed by atoms with Crippen LogP contribution in [0.1, 0.15) is 17.3 Å². The first kappa shape index (κ1) is 18.1. The lowest BCUT2D eigenvalue weighted by molar-refractivity contribution is -0.384. The molecule has 0 aliphatic carbocycles. The van der Waals surface area contributed by atoms with Crippen molar-refractivity contribution < 1.29 is 19.4 Å². The molecule has 0 bridgehead atoms. The lowest BCUT2D eigenvalue weighted by Crippen LogP contribution is -2.14. The topological polar surface area (TPSA) is 125 Å². The average Bonchev–Trinajstić information content (AvgIpc) is 2.56. The van der Waals surface area contributed by atoms with E-state index in [4.69, 9.17) is 16.3 Å². The Hall–Kier alpha value is -3.20. The van der Waals surface area contributed by atoms with Gasteiger partial charge in [0.15, 0.2) is 0 Å². The van der Waals surface area contributed by atoms with Crippen LogP contribution in [0.25, 0.3) is 0 Å². The number of anilines is 1. The van der Waals surface area contributed by atoms with Crippen molar-refractivity contribution in [1.29, 1.82) is 0 Å². The average molecular weight is 366 g/mol. The zero-order chi connectivity index (χ0) is 18.6. The molecule has 2 rings (SSSR count). The monoisotopic (exact) mass is 365 g/mol. The van der Waals surface area contributed by atoms with Gasteiger partial charge < -0.3 is 10.1 Å². The maximum absolute atomic E-state index is 12.3. The summed E-state index contributed by atoms with van der Waals surface area (Å²) >= 11 is 5.89. The largest absolute Gasteiger partial charge is 0.494 e. The fourth-order valence-electron chi connectivity index (χ4n) is 2.02. The highest BCUT2D eigenvalue weighted by atomic mass is 35.5. The second kappa shape index (κ2) is 7.58. The Morgan fingerprint density at radius 3 is 2.48 bits per heavy atom. The van der Waals surface area contributed by atoms with Crippen LogP contribution in [0.3, 0.4) is 0 Å². The molecule has 130 valence electrons. The van der Waals surface area contributed by atoms with E-state index in [-0.39, 0.29) is 33.4 Å². The van der Waals surface area contributed by atoms with Gasteiger partial charge in [-0.15, -0.1) is 0 Å². The number of nitro benzene ring substituents is 2. The summed E-state index contributed by atoms with van der Waals surface area (Å²) in [5.41, 5.74) is -0.948. The van der Waals surface area contributed by atoms with Crippen LogP contribution >= 0.6 is 11.6 Å². The number of halogens is 1. The van der Waals surface area contributed by atoms with Gasteiger partial charge in [-0.05, 0) is 25.1 Å². The minimum absolute atomic E-state index is 0.0170. The summed E-state index contributed by atoms with van der Waals surface area (Å²) in [5.74, 6) is -0.526. The van der Waals surface area contributed by atoms with Gasteiger partial charge >= 0.3 is 0 Å². The van der Waals surface area contributed by atoms with Crippen molar-refractivity contribution in [1.82, 2.24) is 0 Å². The second-order valence-corrected chi connectivity index (χ2v) is 5.15. The van der Waals surface area contributed by atoms with Crippen molar-refractivity contribution in [2.45, 2.75) is 6.92 Å². The molecule has 2 aromatic rings. The van der Waals surface area contributed by atoms with E-state index in [0.717, 1.165) is 12.1 Å². The highest BCUT2D eigenvalue weighted by molar-refractivity contribution is 6.34. The summed E-state index contributed by atoms with van der Waals surface area (Å²) in [7, 11) is 0. The van der Waals surface area contributed by atoms with Crippen LogP contribution in [-0.4, -0.2) is 22.4 Å². The van der Waals surface area contributed by atoms with Crippen molar-refractivity contribution >= 4 is 34.6 Å². The van der Waals surface area contributed by atoms with Gasteiger partial charge in [0.25, 0.3) is 17.3 Å². The van der Waals surface area contributed by atoms with E-state index in [1.54, 1.807) is 6.92 Å². The van der Waals surface area contributed by atoms with Crippen LogP contribution in [0.15, 0.2) is 36.4 Å². The van der Waals surface area contributed by atoms with Gasteiger partial charge in [-0.1, -0.05) is 11.6 Å². The van der Waals surface area contributed by atoms with Gasteiger partial charge in [0.2, 0.25) is 0 Å². The minimum Gasteiger partial charge on any atom is -0.494 e. The number of hydrogen-bond acceptors (Lipinski definition) is 6. The molecule has 0 heterocycles. The molecule has 0 radical (unpaired) electrons. The first-order valence-electron chi connectivity index (χ1n) is 7.00. The Balaban J connectivity index is 2.36. The minimum atomic E-state index is -0.805. The standard InChI is InChI=1S/C15H12ClN3O6/c1-2-25-10-4-6-13(14(8-10)19(23)24)17-15(20)11-7-9(18(21)22)3-5-12(11)16/h3-8H,2H2,1H3,(H,17,20). The summed E-state index contributed by atoms with van der Waals surface area (Å²) < 4.78 is 5.19. The lowest BCUT2D eigenvalue weighted by Gasteiger charge is -2.09. The lowest BCUT2D eigenvalue weighted by atomic mass is 10.1. The fourth-order valence-corrected chi connectivity index (χ4v) is 2.22. The van der Waals surface area contributed by atoms with Crippen LogP contribution in [0.2, 0.25) is 5.02 Å². The number of carbonyl (C=O) groups is 1. The number of ether oxygens (including phenoxy) is 1. The molecule has 0 saturated heterocycles. The predicted molar refractivity (Wildman–Crippen MR) is 90.3 cm³/mol. The molecule has 0 unspecified atom stereocenters. The Kier molecular flexibility index (Phi) is 5.50. The third kappa shape index (κ3) is 4.21. The predicted octanol–water partition coefficient (Wildman–Crippen LogP) is 3.81. The van der Waals surface area contributed by atoms with Gasteiger partial charge in [-0.3, -0.25) is 25.0 Å². The molecule has 0 aliphatic rings. The number of amides is 1. The first-order valence-corrected chi connectivity index (χ1v) is 7.37. The van der Waals surface area contributed by atoms with Gasteiger partial charge in [0.05, 0.1) is 33.1 Å². The zero-order valence-electron chi connectivity index (χ0n) is 12.9. The highest BCUT2D eigenvalue weighted by Crippen LogP contribution is 2.30. The van der Waals surface area contributed by atoms with E-state index in [1.807, 2.05) is 0 Å². The van der Waals surface area contributed by atoms with Crippen LogP contribution < -0.4 is 10.1 Å². The van der Waals surface area contributed by atoms with Gasteiger partial charge in [-0.25, -0.2) is 0 Å². The Bertz CT molecular complexity index is 855. The zero-order valence-corrected chi connectivity index (χ0v) is 13.6. The molecular weight excluding hydrogens is 354 g/mol. The van der Waals surface area contributed by atoms with E-state index >= 15 is 0 Å². The molecule has 0 saturated carbocycles. The molecule has 1 amide bonds. The van der Waals surface area contributed by atoms with Gasteiger partial charge in [0.1, 0.15) is 11.4 Å². The van der Waals surface area contributed by atoms with Crippen LogP contribution in [0.4, 0.5) is 17.1 Å². The summed E-state index contributed by atoms with van der Waals surface area (Å²) in [6.45, 7) is 2.05. The number of nitro groups is 2. The van der Waals surface area contributed by atoms with Crippen molar-refractivity contribution in [3.63, 3.8) is 0 Å². The SMILES string of the molecule is CCOc1ccc(NC(=O)c2cc([N+](=O)[O-])ccc2Cl)c([N+](=O)[O-])c1. The smallest absolute Gasteiger partial charge is 0.296 e.